The SMILES string of the molecule is OCC(Cc1cccc2ccccc12)c1ccccc1Cl. The fraction of sp³-hybridized carbons (Fsp3) is 0.158. The topological polar surface area (TPSA) is 20.2 Å². The molecule has 0 aliphatic carbocycles. The Labute approximate surface area is 129 Å². The van der Waals surface area contributed by atoms with E-state index in [-0.39, 0.29) is 12.5 Å². The first-order valence-electron chi connectivity index (χ1n) is 7.11. The van der Waals surface area contributed by atoms with E-state index in [2.05, 4.69) is 36.4 Å². The second-order valence-electron chi connectivity index (χ2n) is 5.24. The molecule has 0 amide bonds. The third kappa shape index (κ3) is 2.94. The molecule has 0 saturated heterocycles. The Morgan fingerprint density at radius 2 is 1.57 bits per heavy atom. The Bertz CT molecular complexity index is 746. The van der Waals surface area contributed by atoms with Crippen LogP contribution in [0.1, 0.15) is 17.0 Å². The van der Waals surface area contributed by atoms with Gasteiger partial charge in [-0.15, -0.1) is 0 Å². The lowest BCUT2D eigenvalue weighted by Gasteiger charge is -2.17. The molecule has 3 aromatic rings. The maximum atomic E-state index is 9.78. The van der Waals surface area contributed by atoms with Gasteiger partial charge in [0.15, 0.2) is 0 Å². The molecule has 21 heavy (non-hydrogen) atoms. The number of benzene rings is 3. The second kappa shape index (κ2) is 6.30. The van der Waals surface area contributed by atoms with Gasteiger partial charge in [0.05, 0.1) is 6.61 Å². The molecule has 1 atom stereocenters. The van der Waals surface area contributed by atoms with Gasteiger partial charge in [-0.2, -0.15) is 0 Å². The summed E-state index contributed by atoms with van der Waals surface area (Å²) < 4.78 is 0. The minimum absolute atomic E-state index is 0.0181. The van der Waals surface area contributed by atoms with Crippen LogP contribution >= 0.6 is 11.6 Å². The molecular formula is C19H17ClO. The lowest BCUT2D eigenvalue weighted by molar-refractivity contribution is 0.264. The van der Waals surface area contributed by atoms with Crippen molar-refractivity contribution in [1.29, 1.82) is 0 Å². The quantitative estimate of drug-likeness (QED) is 0.732. The second-order valence-corrected chi connectivity index (χ2v) is 5.65. The number of rotatable bonds is 4. The first-order valence-corrected chi connectivity index (χ1v) is 7.49. The molecule has 0 bridgehead atoms. The van der Waals surface area contributed by atoms with Crippen LogP contribution < -0.4 is 0 Å². The highest BCUT2D eigenvalue weighted by atomic mass is 35.5. The van der Waals surface area contributed by atoms with Crippen molar-refractivity contribution in [2.24, 2.45) is 0 Å². The highest BCUT2D eigenvalue weighted by Crippen LogP contribution is 2.29. The van der Waals surface area contributed by atoms with E-state index < -0.39 is 0 Å². The Morgan fingerprint density at radius 3 is 2.38 bits per heavy atom. The number of hydrogen-bond acceptors (Lipinski definition) is 1. The van der Waals surface area contributed by atoms with E-state index in [9.17, 15) is 5.11 Å². The standard InChI is InChI=1S/C19H17ClO/c20-19-11-4-3-10-18(19)16(13-21)12-15-8-5-7-14-6-1-2-9-17(14)15/h1-11,16,21H,12-13H2. The first kappa shape index (κ1) is 14.1. The normalized spacial score (nSPS) is 12.5. The number of fused-ring (bicyclic) bond motifs is 1. The average Bonchev–Trinajstić information content (AvgIpc) is 2.53. The van der Waals surface area contributed by atoms with Crippen LogP contribution in [0.4, 0.5) is 0 Å². The van der Waals surface area contributed by atoms with E-state index in [1.165, 1.54) is 16.3 Å². The zero-order valence-electron chi connectivity index (χ0n) is 11.7. The van der Waals surface area contributed by atoms with Gasteiger partial charge in [-0.05, 0) is 34.4 Å². The predicted molar refractivity (Wildman–Crippen MR) is 88.9 cm³/mol. The summed E-state index contributed by atoms with van der Waals surface area (Å²) in [6.07, 6.45) is 0.779. The monoisotopic (exact) mass is 296 g/mol. The molecule has 0 spiro atoms. The molecule has 106 valence electrons. The van der Waals surface area contributed by atoms with Crippen LogP contribution in [-0.4, -0.2) is 11.7 Å². The molecule has 2 heteroatoms. The molecule has 1 unspecified atom stereocenters. The van der Waals surface area contributed by atoms with Crippen molar-refractivity contribution in [2.75, 3.05) is 6.61 Å². The Balaban J connectivity index is 1.98. The van der Waals surface area contributed by atoms with Gasteiger partial charge in [0.25, 0.3) is 0 Å². The zero-order chi connectivity index (χ0) is 14.7. The van der Waals surface area contributed by atoms with Gasteiger partial charge in [0, 0.05) is 10.9 Å². The summed E-state index contributed by atoms with van der Waals surface area (Å²) in [5, 5.41) is 13.0. The maximum Gasteiger partial charge on any atom is 0.0503 e. The van der Waals surface area contributed by atoms with E-state index in [4.69, 9.17) is 11.6 Å². The summed E-state index contributed by atoms with van der Waals surface area (Å²) in [6, 6.07) is 22.4. The molecular weight excluding hydrogens is 280 g/mol. The Kier molecular flexibility index (Phi) is 4.23. The van der Waals surface area contributed by atoms with Gasteiger partial charge < -0.3 is 5.11 Å². The van der Waals surface area contributed by atoms with Gasteiger partial charge in [0.1, 0.15) is 0 Å². The van der Waals surface area contributed by atoms with Gasteiger partial charge in [0.2, 0.25) is 0 Å². The molecule has 3 aromatic carbocycles. The summed E-state index contributed by atoms with van der Waals surface area (Å²) in [5.41, 5.74) is 2.25. The van der Waals surface area contributed by atoms with Gasteiger partial charge in [-0.1, -0.05) is 72.3 Å². The summed E-state index contributed by atoms with van der Waals surface area (Å²) in [7, 11) is 0. The molecule has 0 saturated carbocycles. The minimum Gasteiger partial charge on any atom is -0.396 e. The van der Waals surface area contributed by atoms with Crippen LogP contribution in [0, 0.1) is 0 Å². The number of aliphatic hydroxyl groups excluding tert-OH is 1. The Morgan fingerprint density at radius 1 is 0.857 bits per heavy atom. The lowest BCUT2D eigenvalue weighted by atomic mass is 9.90. The summed E-state index contributed by atoms with van der Waals surface area (Å²) in [5.74, 6) is 0.0181. The van der Waals surface area contributed by atoms with Crippen LogP contribution in [0.15, 0.2) is 66.7 Å². The molecule has 0 aromatic heterocycles. The van der Waals surface area contributed by atoms with Crippen LogP contribution in [-0.2, 0) is 6.42 Å². The lowest BCUT2D eigenvalue weighted by Crippen LogP contribution is -2.08. The van der Waals surface area contributed by atoms with E-state index >= 15 is 0 Å². The molecule has 1 nitrogen and oxygen atoms in total. The van der Waals surface area contributed by atoms with Crippen molar-refractivity contribution in [2.45, 2.75) is 12.3 Å². The average molecular weight is 297 g/mol. The molecule has 0 aliphatic rings. The fourth-order valence-corrected chi connectivity index (χ4v) is 3.11. The third-order valence-corrected chi connectivity index (χ3v) is 4.26. The van der Waals surface area contributed by atoms with Crippen molar-refractivity contribution >= 4 is 22.4 Å². The molecule has 0 fully saturated rings. The van der Waals surface area contributed by atoms with Crippen molar-refractivity contribution in [3.8, 4) is 0 Å². The van der Waals surface area contributed by atoms with E-state index in [0.717, 1.165) is 17.0 Å². The molecule has 1 N–H and O–H groups in total. The predicted octanol–water partition coefficient (Wildman–Crippen LogP) is 4.81. The van der Waals surface area contributed by atoms with Crippen molar-refractivity contribution in [3.05, 3.63) is 82.9 Å². The number of hydrogen-bond donors (Lipinski definition) is 1. The van der Waals surface area contributed by atoms with E-state index in [1.54, 1.807) is 0 Å². The van der Waals surface area contributed by atoms with Crippen molar-refractivity contribution < 1.29 is 5.11 Å². The highest BCUT2D eigenvalue weighted by Gasteiger charge is 2.15. The first-order chi connectivity index (χ1) is 10.3. The third-order valence-electron chi connectivity index (χ3n) is 3.91. The zero-order valence-corrected chi connectivity index (χ0v) is 12.4. The largest absolute Gasteiger partial charge is 0.396 e. The van der Waals surface area contributed by atoms with Crippen LogP contribution in [0.25, 0.3) is 10.8 Å². The highest BCUT2D eigenvalue weighted by molar-refractivity contribution is 6.31. The summed E-state index contributed by atoms with van der Waals surface area (Å²) in [4.78, 5) is 0. The summed E-state index contributed by atoms with van der Waals surface area (Å²) >= 11 is 6.27. The van der Waals surface area contributed by atoms with Crippen LogP contribution in [0.2, 0.25) is 5.02 Å². The van der Waals surface area contributed by atoms with Crippen LogP contribution in [0.3, 0.4) is 0 Å². The van der Waals surface area contributed by atoms with E-state index in [1.807, 2.05) is 30.3 Å². The summed E-state index contributed by atoms with van der Waals surface area (Å²) in [6.45, 7) is 0.0902. The van der Waals surface area contributed by atoms with E-state index in [0.29, 0.717) is 0 Å². The van der Waals surface area contributed by atoms with Gasteiger partial charge in [-0.3, -0.25) is 0 Å². The maximum absolute atomic E-state index is 9.78. The van der Waals surface area contributed by atoms with Gasteiger partial charge in [-0.25, -0.2) is 0 Å². The molecule has 0 radical (unpaired) electrons. The number of halogens is 1. The number of aliphatic hydroxyl groups is 1. The van der Waals surface area contributed by atoms with Crippen molar-refractivity contribution in [1.82, 2.24) is 0 Å². The van der Waals surface area contributed by atoms with Crippen molar-refractivity contribution in [3.63, 3.8) is 0 Å². The molecule has 0 heterocycles. The Hall–Kier alpha value is -1.83. The molecule has 0 aliphatic heterocycles. The smallest absolute Gasteiger partial charge is 0.0503 e. The fourth-order valence-electron chi connectivity index (χ4n) is 2.81. The van der Waals surface area contributed by atoms with Crippen LogP contribution in [0.5, 0.6) is 0 Å². The molecule has 3 rings (SSSR count). The van der Waals surface area contributed by atoms with Gasteiger partial charge >= 0.3 is 0 Å². The minimum atomic E-state index is 0.0181.